The van der Waals surface area contributed by atoms with Crippen LogP contribution in [0.15, 0.2) is 42.5 Å². The van der Waals surface area contributed by atoms with Crippen molar-refractivity contribution < 1.29 is 0 Å². The van der Waals surface area contributed by atoms with Gasteiger partial charge in [-0.25, -0.2) is 4.98 Å². The van der Waals surface area contributed by atoms with E-state index in [0.29, 0.717) is 4.77 Å². The summed E-state index contributed by atoms with van der Waals surface area (Å²) in [7, 11) is 1.92. The number of fused-ring (bicyclic) bond motifs is 1. The molecule has 0 bridgehead atoms. The Morgan fingerprint density at radius 1 is 1.17 bits per heavy atom. The number of aromatic nitrogens is 4. The lowest BCUT2D eigenvalue weighted by molar-refractivity contribution is 0.902. The Hall–Kier alpha value is -2.31. The zero-order chi connectivity index (χ0) is 16.0. The number of benzene rings is 1. The first-order chi connectivity index (χ1) is 11.1. The van der Waals surface area contributed by atoms with Gasteiger partial charge in [0.15, 0.2) is 10.6 Å². The monoisotopic (exact) mass is 338 g/mol. The van der Waals surface area contributed by atoms with Crippen molar-refractivity contribution in [1.82, 2.24) is 19.7 Å². The summed E-state index contributed by atoms with van der Waals surface area (Å²) in [5.41, 5.74) is 2.96. The molecule has 114 valence electrons. The van der Waals surface area contributed by atoms with Gasteiger partial charge in [-0.1, -0.05) is 18.2 Å². The highest BCUT2D eigenvalue weighted by molar-refractivity contribution is 7.71. The van der Waals surface area contributed by atoms with Crippen LogP contribution in [0.4, 0.5) is 0 Å². The van der Waals surface area contributed by atoms with E-state index in [0.717, 1.165) is 32.9 Å². The third kappa shape index (κ3) is 2.40. The molecule has 0 spiro atoms. The van der Waals surface area contributed by atoms with Crippen molar-refractivity contribution in [1.29, 1.82) is 0 Å². The Kier molecular flexibility index (Phi) is 3.36. The van der Waals surface area contributed by atoms with Crippen molar-refractivity contribution >= 4 is 34.5 Å². The molecule has 1 N–H and O–H groups in total. The topological polar surface area (TPSA) is 46.5 Å². The molecule has 0 aliphatic rings. The highest BCUT2D eigenvalue weighted by Crippen LogP contribution is 2.33. The van der Waals surface area contributed by atoms with E-state index < -0.39 is 0 Å². The van der Waals surface area contributed by atoms with Crippen LogP contribution in [0, 0.1) is 11.7 Å². The minimum absolute atomic E-state index is 0.606. The van der Waals surface area contributed by atoms with E-state index in [4.69, 9.17) is 17.2 Å². The Labute approximate surface area is 142 Å². The summed E-state index contributed by atoms with van der Waals surface area (Å²) in [4.78, 5) is 7.25. The third-order valence-corrected chi connectivity index (χ3v) is 5.22. The van der Waals surface area contributed by atoms with E-state index in [1.807, 2.05) is 29.8 Å². The van der Waals surface area contributed by atoms with Crippen molar-refractivity contribution in [3.63, 3.8) is 0 Å². The van der Waals surface area contributed by atoms with Crippen molar-refractivity contribution in [2.75, 3.05) is 0 Å². The summed E-state index contributed by atoms with van der Waals surface area (Å²) in [6, 6.07) is 14.5. The average molecular weight is 338 g/mol. The van der Waals surface area contributed by atoms with E-state index in [1.165, 1.54) is 4.88 Å². The molecule has 3 aromatic heterocycles. The van der Waals surface area contributed by atoms with Crippen LogP contribution in [0.3, 0.4) is 0 Å². The zero-order valence-corrected chi connectivity index (χ0v) is 14.3. The van der Waals surface area contributed by atoms with Gasteiger partial charge < -0.3 is 4.57 Å². The molecule has 4 aromatic rings. The first-order valence-electron chi connectivity index (χ1n) is 7.22. The molecule has 0 aliphatic heterocycles. The number of thiophene rings is 1. The molecule has 23 heavy (non-hydrogen) atoms. The van der Waals surface area contributed by atoms with Gasteiger partial charge in [0, 0.05) is 22.9 Å². The second kappa shape index (κ2) is 5.40. The normalized spacial score (nSPS) is 11.2. The molecule has 4 nitrogen and oxygen atoms in total. The number of nitrogens with zero attached hydrogens (tertiary/aromatic N) is 3. The van der Waals surface area contributed by atoms with Gasteiger partial charge in [0.1, 0.15) is 0 Å². The van der Waals surface area contributed by atoms with Gasteiger partial charge in [-0.05, 0) is 43.4 Å². The largest absolute Gasteiger partial charge is 0.303 e. The molecule has 0 atom stereocenters. The molecule has 0 amide bonds. The van der Waals surface area contributed by atoms with Gasteiger partial charge in [-0.3, -0.25) is 5.10 Å². The average Bonchev–Trinajstić information content (AvgIpc) is 3.13. The fourth-order valence-corrected chi connectivity index (χ4v) is 3.61. The number of rotatable bonds is 2. The Balaban J connectivity index is 2.05. The highest BCUT2D eigenvalue weighted by atomic mass is 32.1. The lowest BCUT2D eigenvalue weighted by atomic mass is 10.1. The molecule has 3 heterocycles. The maximum Gasteiger partial charge on any atom is 0.195 e. The Morgan fingerprint density at radius 2 is 2.00 bits per heavy atom. The Morgan fingerprint density at radius 3 is 2.70 bits per heavy atom. The summed E-state index contributed by atoms with van der Waals surface area (Å²) >= 11 is 7.00. The predicted octanol–water partition coefficient (Wildman–Crippen LogP) is 4.73. The van der Waals surface area contributed by atoms with Crippen molar-refractivity contribution in [2.45, 2.75) is 6.92 Å². The van der Waals surface area contributed by atoms with Crippen LogP contribution in [0.2, 0.25) is 0 Å². The minimum Gasteiger partial charge on any atom is -0.303 e. The van der Waals surface area contributed by atoms with E-state index in [1.54, 1.807) is 11.3 Å². The zero-order valence-electron chi connectivity index (χ0n) is 12.7. The molecule has 0 unspecified atom stereocenters. The summed E-state index contributed by atoms with van der Waals surface area (Å²) in [6.07, 6.45) is 0. The summed E-state index contributed by atoms with van der Waals surface area (Å²) in [5, 5.41) is 8.33. The van der Waals surface area contributed by atoms with Crippen molar-refractivity contribution in [3.05, 3.63) is 52.1 Å². The van der Waals surface area contributed by atoms with E-state index in [2.05, 4.69) is 41.4 Å². The van der Waals surface area contributed by atoms with Crippen LogP contribution in [-0.2, 0) is 7.05 Å². The van der Waals surface area contributed by atoms with Crippen LogP contribution in [0.5, 0.6) is 0 Å². The van der Waals surface area contributed by atoms with Gasteiger partial charge in [0.2, 0.25) is 0 Å². The van der Waals surface area contributed by atoms with Crippen molar-refractivity contribution in [2.24, 2.45) is 7.05 Å². The van der Waals surface area contributed by atoms with E-state index >= 15 is 0 Å². The van der Waals surface area contributed by atoms with Crippen molar-refractivity contribution in [3.8, 4) is 22.0 Å². The molecule has 0 saturated heterocycles. The third-order valence-electron chi connectivity index (χ3n) is 3.83. The number of nitrogens with one attached hydrogen (secondary N) is 1. The predicted molar refractivity (Wildman–Crippen MR) is 97.2 cm³/mol. The molecular formula is C17H14N4S2. The molecule has 0 aliphatic carbocycles. The quantitative estimate of drug-likeness (QED) is 0.538. The fraction of sp³-hybridized carbons (Fsp3) is 0.118. The summed E-state index contributed by atoms with van der Waals surface area (Å²) < 4.78 is 2.50. The number of aromatic amines is 1. The fourth-order valence-electron chi connectivity index (χ4n) is 2.65. The Bertz CT molecular complexity index is 1070. The standard InChI is InChI=1S/C17H14N4S2/c1-10-7-8-15(23-10)14-9-12(16-19-20-17(22)21(16)2)11-5-3-4-6-13(11)18-14/h3-9H,1-2H3,(H,20,22). The molecule has 6 heteroatoms. The summed E-state index contributed by atoms with van der Waals surface area (Å²) in [6.45, 7) is 2.10. The maximum absolute atomic E-state index is 5.26. The number of para-hydroxylation sites is 1. The van der Waals surface area contributed by atoms with Gasteiger partial charge >= 0.3 is 0 Å². The van der Waals surface area contributed by atoms with Crippen LogP contribution in [0.25, 0.3) is 32.9 Å². The van der Waals surface area contributed by atoms with Gasteiger partial charge in [0.05, 0.1) is 16.1 Å². The van der Waals surface area contributed by atoms with Gasteiger partial charge in [-0.15, -0.1) is 11.3 Å². The number of hydrogen-bond donors (Lipinski definition) is 1. The number of H-pyrrole nitrogens is 1. The smallest absolute Gasteiger partial charge is 0.195 e. The second-order valence-electron chi connectivity index (χ2n) is 5.39. The first-order valence-corrected chi connectivity index (χ1v) is 8.44. The van der Waals surface area contributed by atoms with Crippen LogP contribution < -0.4 is 0 Å². The summed E-state index contributed by atoms with van der Waals surface area (Å²) in [5.74, 6) is 0.822. The van der Waals surface area contributed by atoms with Gasteiger partial charge in [-0.2, -0.15) is 5.10 Å². The maximum atomic E-state index is 5.26. The lowest BCUT2D eigenvalue weighted by Crippen LogP contribution is -1.95. The SMILES string of the molecule is Cc1ccc(-c2cc(-c3n[nH]c(=S)n3C)c3ccccc3n2)s1. The molecule has 1 aromatic carbocycles. The molecule has 0 fully saturated rings. The number of aryl methyl sites for hydroxylation is 1. The van der Waals surface area contributed by atoms with Gasteiger partial charge in [0.25, 0.3) is 0 Å². The highest BCUT2D eigenvalue weighted by Gasteiger charge is 2.14. The minimum atomic E-state index is 0.606. The van der Waals surface area contributed by atoms with Crippen LogP contribution in [-0.4, -0.2) is 19.7 Å². The first kappa shape index (κ1) is 14.3. The molecule has 0 radical (unpaired) electrons. The number of hydrogen-bond acceptors (Lipinski definition) is 4. The molecule has 0 saturated carbocycles. The number of pyridine rings is 1. The lowest BCUT2D eigenvalue weighted by Gasteiger charge is -2.08. The van der Waals surface area contributed by atoms with Crippen LogP contribution in [0.1, 0.15) is 4.88 Å². The van der Waals surface area contributed by atoms with E-state index in [-0.39, 0.29) is 0 Å². The second-order valence-corrected chi connectivity index (χ2v) is 7.07. The molecular weight excluding hydrogens is 324 g/mol. The van der Waals surface area contributed by atoms with Crippen LogP contribution >= 0.6 is 23.6 Å². The molecule has 4 rings (SSSR count). The van der Waals surface area contributed by atoms with E-state index in [9.17, 15) is 0 Å².